The van der Waals surface area contributed by atoms with Crippen LogP contribution in [0.15, 0.2) is 48.5 Å². The maximum absolute atomic E-state index is 11.2. The number of carbonyl (C=O) groups is 1. The second kappa shape index (κ2) is 7.17. The van der Waals surface area contributed by atoms with Crippen LogP contribution in [-0.4, -0.2) is 27.1 Å². The van der Waals surface area contributed by atoms with E-state index < -0.39 is 12.0 Å². The van der Waals surface area contributed by atoms with Crippen LogP contribution in [0.25, 0.3) is 10.9 Å². The van der Waals surface area contributed by atoms with E-state index in [2.05, 4.69) is 39.7 Å². The van der Waals surface area contributed by atoms with E-state index in [0.29, 0.717) is 11.8 Å². The fourth-order valence-electron chi connectivity index (χ4n) is 2.46. The Kier molecular flexibility index (Phi) is 4.79. The van der Waals surface area contributed by atoms with Crippen molar-refractivity contribution in [2.24, 2.45) is 0 Å². The van der Waals surface area contributed by atoms with Gasteiger partial charge in [0, 0.05) is 11.1 Å². The van der Waals surface area contributed by atoms with Gasteiger partial charge in [0.25, 0.3) is 0 Å². The van der Waals surface area contributed by atoms with E-state index in [0.717, 1.165) is 23.0 Å². The summed E-state index contributed by atoms with van der Waals surface area (Å²) in [6.45, 7) is 3.69. The standard InChI is InChI=1S/C19H20N4O2/c1-3-13-8-10-14(11-9-13)21-19-22-16-7-5-4-6-15(16)17(23-19)20-12(2)18(24)25/h4-12H,3H2,1-2H3,(H,24,25)(H2,20,21,22,23). The van der Waals surface area contributed by atoms with E-state index in [1.807, 2.05) is 36.4 Å². The molecule has 1 aromatic heterocycles. The van der Waals surface area contributed by atoms with Crippen LogP contribution in [0.3, 0.4) is 0 Å². The van der Waals surface area contributed by atoms with Crippen molar-refractivity contribution in [3.63, 3.8) is 0 Å². The minimum Gasteiger partial charge on any atom is -0.480 e. The largest absolute Gasteiger partial charge is 0.480 e. The molecule has 0 radical (unpaired) electrons. The Labute approximate surface area is 145 Å². The van der Waals surface area contributed by atoms with Gasteiger partial charge >= 0.3 is 5.97 Å². The van der Waals surface area contributed by atoms with Crippen molar-refractivity contribution in [1.29, 1.82) is 0 Å². The Bertz CT molecular complexity index is 894. The maximum atomic E-state index is 11.2. The van der Waals surface area contributed by atoms with Gasteiger partial charge in [-0.2, -0.15) is 4.98 Å². The summed E-state index contributed by atoms with van der Waals surface area (Å²) in [5.74, 6) is -0.0245. The summed E-state index contributed by atoms with van der Waals surface area (Å²) in [5.41, 5.74) is 2.87. The number of carboxylic acids is 1. The SMILES string of the molecule is CCc1ccc(Nc2nc(NC(C)C(=O)O)c3ccccc3n2)cc1. The number of aliphatic carboxylic acids is 1. The zero-order chi connectivity index (χ0) is 17.8. The minimum absolute atomic E-state index is 0.419. The molecule has 3 N–H and O–H groups in total. The highest BCUT2D eigenvalue weighted by molar-refractivity contribution is 5.91. The molecule has 3 aromatic rings. The third kappa shape index (κ3) is 3.85. The molecule has 2 aromatic carbocycles. The van der Waals surface area contributed by atoms with Crippen LogP contribution in [0.4, 0.5) is 17.5 Å². The van der Waals surface area contributed by atoms with Crippen LogP contribution in [0, 0.1) is 0 Å². The molecule has 0 aliphatic heterocycles. The van der Waals surface area contributed by atoms with Gasteiger partial charge in [-0.25, -0.2) is 4.98 Å². The zero-order valence-corrected chi connectivity index (χ0v) is 14.2. The Balaban J connectivity index is 1.96. The van der Waals surface area contributed by atoms with Crippen LogP contribution in [0.5, 0.6) is 0 Å². The number of hydrogen-bond donors (Lipinski definition) is 3. The number of aryl methyl sites for hydroxylation is 1. The number of benzene rings is 2. The Morgan fingerprint density at radius 2 is 1.84 bits per heavy atom. The van der Waals surface area contributed by atoms with Gasteiger partial charge in [-0.05, 0) is 43.2 Å². The maximum Gasteiger partial charge on any atom is 0.325 e. The quantitative estimate of drug-likeness (QED) is 0.634. The summed E-state index contributed by atoms with van der Waals surface area (Å²) in [6.07, 6.45) is 0.980. The first kappa shape index (κ1) is 16.7. The molecule has 1 atom stereocenters. The van der Waals surface area contributed by atoms with Crippen LogP contribution >= 0.6 is 0 Å². The fraction of sp³-hybridized carbons (Fsp3) is 0.211. The summed E-state index contributed by atoms with van der Waals surface area (Å²) < 4.78 is 0. The summed E-state index contributed by atoms with van der Waals surface area (Å²) >= 11 is 0. The molecule has 0 aliphatic rings. The van der Waals surface area contributed by atoms with Crippen molar-refractivity contribution in [2.45, 2.75) is 26.3 Å². The lowest BCUT2D eigenvalue weighted by molar-refractivity contribution is -0.137. The van der Waals surface area contributed by atoms with Crippen LogP contribution in [-0.2, 0) is 11.2 Å². The topological polar surface area (TPSA) is 87.1 Å². The summed E-state index contributed by atoms with van der Waals surface area (Å²) in [6, 6.07) is 14.8. The predicted molar refractivity (Wildman–Crippen MR) is 99.4 cm³/mol. The van der Waals surface area contributed by atoms with E-state index >= 15 is 0 Å². The molecular weight excluding hydrogens is 316 g/mol. The second-order valence-electron chi connectivity index (χ2n) is 5.79. The number of aromatic nitrogens is 2. The molecule has 0 saturated carbocycles. The molecule has 3 rings (SSSR count). The lowest BCUT2D eigenvalue weighted by Crippen LogP contribution is -2.26. The van der Waals surface area contributed by atoms with E-state index in [1.165, 1.54) is 5.56 Å². The third-order valence-electron chi connectivity index (χ3n) is 3.95. The van der Waals surface area contributed by atoms with E-state index in [1.54, 1.807) is 6.92 Å². The lowest BCUT2D eigenvalue weighted by atomic mass is 10.1. The zero-order valence-electron chi connectivity index (χ0n) is 14.2. The first-order valence-corrected chi connectivity index (χ1v) is 8.19. The molecule has 0 spiro atoms. The van der Waals surface area contributed by atoms with Crippen molar-refractivity contribution >= 4 is 34.3 Å². The van der Waals surface area contributed by atoms with E-state index in [9.17, 15) is 4.79 Å². The third-order valence-corrected chi connectivity index (χ3v) is 3.95. The number of fused-ring (bicyclic) bond motifs is 1. The van der Waals surface area contributed by atoms with Crippen molar-refractivity contribution < 1.29 is 9.90 Å². The number of rotatable bonds is 6. The monoisotopic (exact) mass is 336 g/mol. The van der Waals surface area contributed by atoms with Gasteiger partial charge in [0.1, 0.15) is 11.9 Å². The van der Waals surface area contributed by atoms with Gasteiger partial charge in [0.05, 0.1) is 5.52 Å². The second-order valence-corrected chi connectivity index (χ2v) is 5.79. The van der Waals surface area contributed by atoms with Gasteiger partial charge in [-0.3, -0.25) is 4.79 Å². The Hall–Kier alpha value is -3.15. The number of anilines is 3. The molecule has 6 nitrogen and oxygen atoms in total. The smallest absolute Gasteiger partial charge is 0.325 e. The molecule has 128 valence electrons. The fourth-order valence-corrected chi connectivity index (χ4v) is 2.46. The molecule has 0 fully saturated rings. The molecular formula is C19H20N4O2. The van der Waals surface area contributed by atoms with Crippen LogP contribution in [0.2, 0.25) is 0 Å². The number of nitrogens with one attached hydrogen (secondary N) is 2. The lowest BCUT2D eigenvalue weighted by Gasteiger charge is -2.14. The van der Waals surface area contributed by atoms with Gasteiger partial charge in [0.2, 0.25) is 5.95 Å². The summed E-state index contributed by atoms with van der Waals surface area (Å²) in [4.78, 5) is 20.1. The van der Waals surface area contributed by atoms with Crippen molar-refractivity contribution in [2.75, 3.05) is 10.6 Å². The van der Waals surface area contributed by atoms with Gasteiger partial charge < -0.3 is 15.7 Å². The first-order chi connectivity index (χ1) is 12.1. The molecule has 0 amide bonds. The van der Waals surface area contributed by atoms with Crippen LogP contribution < -0.4 is 10.6 Å². The normalized spacial score (nSPS) is 11.9. The number of hydrogen-bond acceptors (Lipinski definition) is 5. The molecule has 0 saturated heterocycles. The van der Waals surface area contributed by atoms with Crippen molar-refractivity contribution in [3.8, 4) is 0 Å². The summed E-state index contributed by atoms with van der Waals surface area (Å²) in [7, 11) is 0. The number of nitrogens with zero attached hydrogens (tertiary/aromatic N) is 2. The van der Waals surface area contributed by atoms with Gasteiger partial charge in [-0.15, -0.1) is 0 Å². The van der Waals surface area contributed by atoms with E-state index in [4.69, 9.17) is 5.11 Å². The average Bonchev–Trinajstić information content (AvgIpc) is 2.62. The Morgan fingerprint density at radius 1 is 1.12 bits per heavy atom. The highest BCUT2D eigenvalue weighted by Gasteiger charge is 2.14. The molecule has 1 heterocycles. The predicted octanol–water partition coefficient (Wildman–Crippen LogP) is 3.82. The number of carboxylic acid groups (broad SMARTS) is 1. The molecule has 25 heavy (non-hydrogen) atoms. The Morgan fingerprint density at radius 3 is 2.52 bits per heavy atom. The van der Waals surface area contributed by atoms with Gasteiger partial charge in [0.15, 0.2) is 0 Å². The number of para-hydroxylation sites is 1. The van der Waals surface area contributed by atoms with Crippen molar-refractivity contribution in [1.82, 2.24) is 9.97 Å². The molecule has 6 heteroatoms. The van der Waals surface area contributed by atoms with Crippen molar-refractivity contribution in [3.05, 3.63) is 54.1 Å². The average molecular weight is 336 g/mol. The minimum atomic E-state index is -0.938. The molecule has 0 aliphatic carbocycles. The highest BCUT2D eigenvalue weighted by atomic mass is 16.4. The van der Waals surface area contributed by atoms with Gasteiger partial charge in [-0.1, -0.05) is 31.2 Å². The molecule has 0 bridgehead atoms. The van der Waals surface area contributed by atoms with E-state index in [-0.39, 0.29) is 0 Å². The molecule has 1 unspecified atom stereocenters. The van der Waals surface area contributed by atoms with Crippen LogP contribution in [0.1, 0.15) is 19.4 Å². The highest BCUT2D eigenvalue weighted by Crippen LogP contribution is 2.24. The first-order valence-electron chi connectivity index (χ1n) is 8.19. The summed E-state index contributed by atoms with van der Waals surface area (Å²) in [5, 5.41) is 16.0.